The lowest BCUT2D eigenvalue weighted by Crippen LogP contribution is -2.59. The maximum atomic E-state index is 11.3. The van der Waals surface area contributed by atoms with Crippen molar-refractivity contribution in [1.82, 2.24) is 0 Å². The van der Waals surface area contributed by atoms with Crippen molar-refractivity contribution >= 4 is 5.97 Å². The lowest BCUT2D eigenvalue weighted by atomic mass is 9.63. The van der Waals surface area contributed by atoms with Gasteiger partial charge in [-0.2, -0.15) is 0 Å². The Kier molecular flexibility index (Phi) is 1.65. The van der Waals surface area contributed by atoms with Crippen molar-refractivity contribution in [3.8, 4) is 0 Å². The monoisotopic (exact) mass is 197 g/mol. The van der Waals surface area contributed by atoms with Crippen LogP contribution in [0.3, 0.4) is 0 Å². The number of hydrogen-bond donors (Lipinski definition) is 2. The highest BCUT2D eigenvalue weighted by molar-refractivity contribution is 5.81. The van der Waals surface area contributed by atoms with Crippen LogP contribution in [-0.2, 0) is 4.79 Å². The highest BCUT2D eigenvalue weighted by atomic mass is 16.4. The van der Waals surface area contributed by atoms with E-state index in [1.807, 2.05) is 6.92 Å². The van der Waals surface area contributed by atoms with Crippen LogP contribution in [-0.4, -0.2) is 16.6 Å². The van der Waals surface area contributed by atoms with E-state index in [-0.39, 0.29) is 10.8 Å². The van der Waals surface area contributed by atoms with Gasteiger partial charge >= 0.3 is 5.97 Å². The van der Waals surface area contributed by atoms with Gasteiger partial charge in [0.15, 0.2) is 0 Å². The highest BCUT2D eigenvalue weighted by Crippen LogP contribution is 2.68. The Balaban J connectivity index is 2.50. The van der Waals surface area contributed by atoms with E-state index in [0.29, 0.717) is 12.3 Å². The van der Waals surface area contributed by atoms with Crippen molar-refractivity contribution < 1.29 is 9.90 Å². The van der Waals surface area contributed by atoms with Gasteiger partial charge in [-0.1, -0.05) is 20.8 Å². The molecule has 0 spiro atoms. The summed E-state index contributed by atoms with van der Waals surface area (Å²) in [6.07, 6.45) is 2.73. The molecule has 3 nitrogen and oxygen atoms in total. The molecule has 3 N–H and O–H groups in total. The molecule has 3 heteroatoms. The largest absolute Gasteiger partial charge is 0.480 e. The first kappa shape index (κ1) is 9.97. The molecule has 2 saturated carbocycles. The van der Waals surface area contributed by atoms with Crippen molar-refractivity contribution in [2.24, 2.45) is 22.5 Å². The Morgan fingerprint density at radius 3 is 2.21 bits per heavy atom. The van der Waals surface area contributed by atoms with Crippen LogP contribution in [0, 0.1) is 16.7 Å². The summed E-state index contributed by atoms with van der Waals surface area (Å²) in [6.45, 7) is 6.39. The van der Waals surface area contributed by atoms with Gasteiger partial charge in [-0.05, 0) is 30.6 Å². The molecule has 2 fully saturated rings. The smallest absolute Gasteiger partial charge is 0.324 e. The predicted molar refractivity (Wildman–Crippen MR) is 53.8 cm³/mol. The third-order valence-electron chi connectivity index (χ3n) is 5.37. The topological polar surface area (TPSA) is 63.3 Å². The van der Waals surface area contributed by atoms with Crippen molar-refractivity contribution in [3.05, 3.63) is 0 Å². The fourth-order valence-electron chi connectivity index (χ4n) is 3.69. The summed E-state index contributed by atoms with van der Waals surface area (Å²) in [5.74, 6) is -0.344. The molecule has 3 atom stereocenters. The van der Waals surface area contributed by atoms with E-state index in [1.165, 1.54) is 0 Å². The summed E-state index contributed by atoms with van der Waals surface area (Å²) >= 11 is 0. The van der Waals surface area contributed by atoms with Crippen LogP contribution in [0.25, 0.3) is 0 Å². The number of carboxylic acid groups (broad SMARTS) is 1. The highest BCUT2D eigenvalue weighted by Gasteiger charge is 2.70. The second-order valence-electron chi connectivity index (χ2n) is 5.77. The molecule has 2 rings (SSSR count). The molecule has 80 valence electrons. The first-order chi connectivity index (χ1) is 6.26. The molecule has 0 aromatic carbocycles. The Morgan fingerprint density at radius 2 is 2.00 bits per heavy atom. The van der Waals surface area contributed by atoms with Crippen LogP contribution in [0.1, 0.15) is 40.0 Å². The van der Waals surface area contributed by atoms with Gasteiger partial charge in [0.05, 0.1) is 0 Å². The quantitative estimate of drug-likeness (QED) is 0.671. The van der Waals surface area contributed by atoms with Crippen molar-refractivity contribution in [2.45, 2.75) is 45.6 Å². The third kappa shape index (κ3) is 0.761. The molecule has 0 radical (unpaired) electrons. The van der Waals surface area contributed by atoms with Crippen molar-refractivity contribution in [1.29, 1.82) is 0 Å². The van der Waals surface area contributed by atoms with Gasteiger partial charge in [-0.25, -0.2) is 0 Å². The summed E-state index contributed by atoms with van der Waals surface area (Å²) in [6, 6.07) is 0. The summed E-state index contributed by atoms with van der Waals surface area (Å²) in [5, 5.41) is 9.27. The minimum atomic E-state index is -1.00. The first-order valence-corrected chi connectivity index (χ1v) is 5.28. The molecule has 0 heterocycles. The standard InChI is InChI=1S/C11H19NO2/c1-9(2)7-4-5-10(9,3)11(12,6-7)8(13)14/h7H,4-6,12H2,1-3H3,(H,13,14)/t7-,10+,11+/m0/s1. The molecule has 2 bridgehead atoms. The molecule has 14 heavy (non-hydrogen) atoms. The van der Waals surface area contributed by atoms with E-state index in [0.717, 1.165) is 12.8 Å². The minimum absolute atomic E-state index is 0.0696. The van der Waals surface area contributed by atoms with E-state index < -0.39 is 11.5 Å². The Morgan fingerprint density at radius 1 is 1.43 bits per heavy atom. The molecule has 2 aliphatic carbocycles. The average Bonchev–Trinajstić information content (AvgIpc) is 2.36. The zero-order valence-electron chi connectivity index (χ0n) is 9.13. The number of fused-ring (bicyclic) bond motifs is 2. The van der Waals surface area contributed by atoms with Crippen molar-refractivity contribution in [3.63, 3.8) is 0 Å². The molecule has 0 saturated heterocycles. The number of carbonyl (C=O) groups is 1. The zero-order valence-corrected chi connectivity index (χ0v) is 9.13. The number of hydrogen-bond acceptors (Lipinski definition) is 2. The van der Waals surface area contributed by atoms with Gasteiger partial charge in [0.2, 0.25) is 0 Å². The second-order valence-corrected chi connectivity index (χ2v) is 5.77. The summed E-state index contributed by atoms with van der Waals surface area (Å²) in [5.41, 5.74) is 4.93. The van der Waals surface area contributed by atoms with Gasteiger partial charge in [0.25, 0.3) is 0 Å². The Labute approximate surface area is 84.7 Å². The van der Waals surface area contributed by atoms with Crippen LogP contribution < -0.4 is 5.73 Å². The molecule has 0 aliphatic heterocycles. The number of nitrogens with two attached hydrogens (primary N) is 1. The van der Waals surface area contributed by atoms with Crippen LogP contribution in [0.15, 0.2) is 0 Å². The predicted octanol–water partition coefficient (Wildman–Crippen LogP) is 1.61. The van der Waals surface area contributed by atoms with Crippen LogP contribution in [0.2, 0.25) is 0 Å². The summed E-state index contributed by atoms with van der Waals surface area (Å²) in [7, 11) is 0. The van der Waals surface area contributed by atoms with Crippen LogP contribution in [0.4, 0.5) is 0 Å². The normalized spacial score (nSPS) is 49.6. The second kappa shape index (κ2) is 2.32. The molecular weight excluding hydrogens is 178 g/mol. The van der Waals surface area contributed by atoms with E-state index in [2.05, 4.69) is 13.8 Å². The van der Waals surface area contributed by atoms with Crippen LogP contribution >= 0.6 is 0 Å². The fraction of sp³-hybridized carbons (Fsp3) is 0.909. The van der Waals surface area contributed by atoms with Crippen molar-refractivity contribution in [2.75, 3.05) is 0 Å². The fourth-order valence-corrected chi connectivity index (χ4v) is 3.69. The van der Waals surface area contributed by atoms with Gasteiger partial charge in [0, 0.05) is 5.41 Å². The maximum absolute atomic E-state index is 11.3. The van der Waals surface area contributed by atoms with Gasteiger partial charge in [-0.15, -0.1) is 0 Å². The first-order valence-electron chi connectivity index (χ1n) is 5.28. The molecule has 2 aliphatic rings. The third-order valence-corrected chi connectivity index (χ3v) is 5.37. The summed E-state index contributed by atoms with van der Waals surface area (Å²) < 4.78 is 0. The number of rotatable bonds is 1. The zero-order chi connectivity index (χ0) is 10.8. The number of aliphatic carboxylic acids is 1. The van der Waals surface area contributed by atoms with E-state index in [1.54, 1.807) is 0 Å². The lowest BCUT2D eigenvalue weighted by molar-refractivity contribution is -0.149. The van der Waals surface area contributed by atoms with Gasteiger partial charge in [0.1, 0.15) is 5.54 Å². The molecule has 0 aromatic rings. The van der Waals surface area contributed by atoms with E-state index in [4.69, 9.17) is 5.73 Å². The van der Waals surface area contributed by atoms with E-state index in [9.17, 15) is 9.90 Å². The molecular formula is C11H19NO2. The Hall–Kier alpha value is -0.570. The van der Waals surface area contributed by atoms with Crippen LogP contribution in [0.5, 0.6) is 0 Å². The average molecular weight is 197 g/mol. The van der Waals surface area contributed by atoms with E-state index >= 15 is 0 Å². The molecule has 0 unspecified atom stereocenters. The molecule has 0 amide bonds. The maximum Gasteiger partial charge on any atom is 0.324 e. The summed E-state index contributed by atoms with van der Waals surface area (Å²) in [4.78, 5) is 11.3. The minimum Gasteiger partial charge on any atom is -0.480 e. The Bertz CT molecular complexity index is 300. The SMILES string of the molecule is CC1(C)[C@H]2CC[C@@]1(C)[C@](N)(C(=O)O)C2. The molecule has 0 aromatic heterocycles. The lowest BCUT2D eigenvalue weighted by Gasteiger charge is -2.43. The number of carboxylic acids is 1. The van der Waals surface area contributed by atoms with Gasteiger partial charge < -0.3 is 10.8 Å². The van der Waals surface area contributed by atoms with Gasteiger partial charge in [-0.3, -0.25) is 4.79 Å².